The van der Waals surface area contributed by atoms with Gasteiger partial charge < -0.3 is 9.47 Å². The average Bonchev–Trinajstić information content (AvgIpc) is 2.49. The third-order valence-electron chi connectivity index (χ3n) is 2.75. The van der Waals surface area contributed by atoms with Gasteiger partial charge >= 0.3 is 0 Å². The van der Waals surface area contributed by atoms with E-state index in [1.165, 1.54) is 12.5 Å². The fourth-order valence-electron chi connectivity index (χ4n) is 1.87. The van der Waals surface area contributed by atoms with Crippen molar-refractivity contribution in [2.24, 2.45) is 0 Å². The smallest absolute Gasteiger partial charge is 0.176 e. The first-order chi connectivity index (χ1) is 9.80. The molecular formula is C17H14O3. The van der Waals surface area contributed by atoms with Gasteiger partial charge in [0.25, 0.3) is 0 Å². The maximum atomic E-state index is 10.7. The van der Waals surface area contributed by atoms with Crippen molar-refractivity contribution in [1.82, 2.24) is 0 Å². The molecule has 0 bridgehead atoms. The van der Waals surface area contributed by atoms with E-state index >= 15 is 0 Å². The van der Waals surface area contributed by atoms with Crippen molar-refractivity contribution in [1.29, 1.82) is 0 Å². The molecule has 0 saturated carbocycles. The van der Waals surface area contributed by atoms with Crippen molar-refractivity contribution >= 4 is 6.29 Å². The number of carbonyl (C=O) groups is 1. The highest BCUT2D eigenvalue weighted by atomic mass is 16.5. The monoisotopic (exact) mass is 266 g/mol. The van der Waals surface area contributed by atoms with Gasteiger partial charge in [-0.1, -0.05) is 49.6 Å². The van der Waals surface area contributed by atoms with Crippen LogP contribution in [0.4, 0.5) is 0 Å². The maximum absolute atomic E-state index is 10.7. The van der Waals surface area contributed by atoms with Gasteiger partial charge in [0, 0.05) is 11.1 Å². The summed E-state index contributed by atoms with van der Waals surface area (Å²) in [6.45, 7) is 7.11. The Kier molecular flexibility index (Phi) is 4.35. The Hall–Kier alpha value is -2.81. The normalized spacial score (nSPS) is 9.60. The molecule has 3 nitrogen and oxygen atoms in total. The SMILES string of the molecule is C=COc1cccc(-c2ccc(C=O)cc2)c1OC=C. The van der Waals surface area contributed by atoms with E-state index in [9.17, 15) is 4.79 Å². The standard InChI is InChI=1S/C17H14O3/c1-3-19-16-7-5-6-15(17(16)20-4-2)14-10-8-13(12-18)9-11-14/h3-12H,1-2H2. The Morgan fingerprint density at radius 2 is 1.60 bits per heavy atom. The zero-order valence-electron chi connectivity index (χ0n) is 10.9. The molecule has 0 radical (unpaired) electrons. The second kappa shape index (κ2) is 6.38. The first-order valence-corrected chi connectivity index (χ1v) is 6.04. The molecule has 2 aromatic rings. The van der Waals surface area contributed by atoms with Crippen LogP contribution < -0.4 is 9.47 Å². The fraction of sp³-hybridized carbons (Fsp3) is 0. The molecule has 0 fully saturated rings. The third kappa shape index (κ3) is 2.78. The molecule has 0 saturated heterocycles. The van der Waals surface area contributed by atoms with Gasteiger partial charge in [-0.05, 0) is 11.6 Å². The summed E-state index contributed by atoms with van der Waals surface area (Å²) in [5, 5.41) is 0. The average molecular weight is 266 g/mol. The molecule has 20 heavy (non-hydrogen) atoms. The van der Waals surface area contributed by atoms with E-state index < -0.39 is 0 Å². The van der Waals surface area contributed by atoms with Crippen LogP contribution in [0.5, 0.6) is 11.5 Å². The summed E-state index contributed by atoms with van der Waals surface area (Å²) in [5.74, 6) is 1.11. The fourth-order valence-corrected chi connectivity index (χ4v) is 1.87. The second-order valence-electron chi connectivity index (χ2n) is 3.94. The van der Waals surface area contributed by atoms with Gasteiger partial charge in [-0.25, -0.2) is 0 Å². The number of para-hydroxylation sites is 1. The number of aldehydes is 1. The second-order valence-corrected chi connectivity index (χ2v) is 3.94. The van der Waals surface area contributed by atoms with E-state index in [1.54, 1.807) is 18.2 Å². The molecule has 0 N–H and O–H groups in total. The van der Waals surface area contributed by atoms with Gasteiger partial charge in [0.05, 0.1) is 12.5 Å². The van der Waals surface area contributed by atoms with Crippen LogP contribution in [0.1, 0.15) is 10.4 Å². The van der Waals surface area contributed by atoms with E-state index in [0.717, 1.165) is 17.4 Å². The van der Waals surface area contributed by atoms with Gasteiger partial charge in [0.1, 0.15) is 6.29 Å². The molecule has 0 spiro atoms. The molecule has 0 aliphatic carbocycles. The van der Waals surface area contributed by atoms with Crippen LogP contribution in [0.25, 0.3) is 11.1 Å². The quantitative estimate of drug-likeness (QED) is 0.580. The van der Waals surface area contributed by atoms with Crippen LogP contribution in [-0.4, -0.2) is 6.29 Å². The van der Waals surface area contributed by atoms with Gasteiger partial charge in [-0.2, -0.15) is 0 Å². The zero-order valence-corrected chi connectivity index (χ0v) is 10.9. The summed E-state index contributed by atoms with van der Waals surface area (Å²) in [5.41, 5.74) is 2.39. The minimum absolute atomic E-state index is 0.553. The van der Waals surface area contributed by atoms with E-state index in [-0.39, 0.29) is 0 Å². The number of hydrogen-bond donors (Lipinski definition) is 0. The van der Waals surface area contributed by atoms with Crippen molar-refractivity contribution in [2.45, 2.75) is 0 Å². The first-order valence-electron chi connectivity index (χ1n) is 6.04. The third-order valence-corrected chi connectivity index (χ3v) is 2.75. The molecule has 0 atom stereocenters. The van der Waals surface area contributed by atoms with E-state index in [2.05, 4.69) is 13.2 Å². The highest BCUT2D eigenvalue weighted by Crippen LogP contribution is 2.38. The van der Waals surface area contributed by atoms with Crippen molar-refractivity contribution in [3.05, 3.63) is 73.7 Å². The van der Waals surface area contributed by atoms with Crippen LogP contribution in [0.2, 0.25) is 0 Å². The Labute approximate surface area is 117 Å². The predicted molar refractivity (Wildman–Crippen MR) is 78.9 cm³/mol. The maximum Gasteiger partial charge on any atom is 0.176 e. The molecule has 0 amide bonds. The molecule has 0 heterocycles. The molecule has 100 valence electrons. The van der Waals surface area contributed by atoms with Crippen LogP contribution in [0.15, 0.2) is 68.1 Å². The highest BCUT2D eigenvalue weighted by Gasteiger charge is 2.12. The van der Waals surface area contributed by atoms with Crippen LogP contribution >= 0.6 is 0 Å². The number of carbonyl (C=O) groups excluding carboxylic acids is 1. The number of ether oxygens (including phenoxy) is 2. The molecular weight excluding hydrogens is 252 g/mol. The largest absolute Gasteiger partial charge is 0.462 e. The number of rotatable bonds is 6. The molecule has 2 rings (SSSR count). The van der Waals surface area contributed by atoms with Crippen LogP contribution in [-0.2, 0) is 0 Å². The van der Waals surface area contributed by atoms with Gasteiger partial charge in [-0.3, -0.25) is 4.79 Å². The van der Waals surface area contributed by atoms with Crippen LogP contribution in [0, 0.1) is 0 Å². The van der Waals surface area contributed by atoms with Crippen molar-refractivity contribution < 1.29 is 14.3 Å². The summed E-state index contributed by atoms with van der Waals surface area (Å²) >= 11 is 0. The molecule has 2 aromatic carbocycles. The Bertz CT molecular complexity index is 627. The van der Waals surface area contributed by atoms with Gasteiger partial charge in [-0.15, -0.1) is 0 Å². The highest BCUT2D eigenvalue weighted by molar-refractivity contribution is 5.79. The van der Waals surface area contributed by atoms with Crippen molar-refractivity contribution in [3.8, 4) is 22.6 Å². The van der Waals surface area contributed by atoms with E-state index in [1.807, 2.05) is 24.3 Å². The molecule has 3 heteroatoms. The molecule has 0 aromatic heterocycles. The summed E-state index contributed by atoms with van der Waals surface area (Å²) in [6, 6.07) is 12.8. The molecule has 0 aliphatic rings. The Morgan fingerprint density at radius 3 is 2.20 bits per heavy atom. The lowest BCUT2D eigenvalue weighted by Gasteiger charge is -2.12. The number of hydrogen-bond acceptors (Lipinski definition) is 3. The topological polar surface area (TPSA) is 35.5 Å². The minimum Gasteiger partial charge on any atom is -0.462 e. The lowest BCUT2D eigenvalue weighted by molar-refractivity contribution is 0.112. The summed E-state index contributed by atoms with van der Waals surface area (Å²) in [4.78, 5) is 10.7. The Morgan fingerprint density at radius 1 is 0.900 bits per heavy atom. The molecule has 0 aliphatic heterocycles. The van der Waals surface area contributed by atoms with Crippen molar-refractivity contribution in [3.63, 3.8) is 0 Å². The van der Waals surface area contributed by atoms with Gasteiger partial charge in [0.2, 0.25) is 0 Å². The van der Waals surface area contributed by atoms with E-state index in [0.29, 0.717) is 17.1 Å². The lowest BCUT2D eigenvalue weighted by atomic mass is 10.0. The zero-order chi connectivity index (χ0) is 14.4. The summed E-state index contributed by atoms with van der Waals surface area (Å²) in [7, 11) is 0. The van der Waals surface area contributed by atoms with Crippen LogP contribution in [0.3, 0.4) is 0 Å². The summed E-state index contributed by atoms with van der Waals surface area (Å²) in [6.07, 6.45) is 3.49. The van der Waals surface area contributed by atoms with E-state index in [4.69, 9.17) is 9.47 Å². The first kappa shape index (κ1) is 13.6. The van der Waals surface area contributed by atoms with Gasteiger partial charge in [0.15, 0.2) is 11.5 Å². The van der Waals surface area contributed by atoms with Crippen molar-refractivity contribution in [2.75, 3.05) is 0 Å². The predicted octanol–water partition coefficient (Wildman–Crippen LogP) is 4.21. The lowest BCUT2D eigenvalue weighted by Crippen LogP contribution is -1.92. The molecule has 0 unspecified atom stereocenters. The Balaban J connectivity index is 2.52. The number of benzene rings is 2. The minimum atomic E-state index is 0.553. The summed E-state index contributed by atoms with van der Waals surface area (Å²) < 4.78 is 10.8.